The van der Waals surface area contributed by atoms with Crippen LogP contribution in [0, 0.1) is 0 Å². The third-order valence-electron chi connectivity index (χ3n) is 4.16. The Bertz CT molecular complexity index is 965. The Hall–Kier alpha value is -3.55. The number of fused-ring (bicyclic) bond motifs is 2. The molecule has 0 radical (unpaired) electrons. The smallest absolute Gasteiger partial charge is 0.251 e. The Morgan fingerprint density at radius 3 is 2.89 bits per heavy atom. The molecule has 3 aromatic rings. The van der Waals surface area contributed by atoms with E-state index in [2.05, 4.69) is 15.6 Å². The van der Waals surface area contributed by atoms with E-state index < -0.39 is 0 Å². The summed E-state index contributed by atoms with van der Waals surface area (Å²) in [7, 11) is 0. The summed E-state index contributed by atoms with van der Waals surface area (Å²) in [5.74, 6) is 0.535. The van der Waals surface area contributed by atoms with Gasteiger partial charge >= 0.3 is 0 Å². The van der Waals surface area contributed by atoms with E-state index in [4.69, 9.17) is 9.47 Å². The van der Waals surface area contributed by atoms with Crippen molar-refractivity contribution in [3.8, 4) is 11.5 Å². The number of amides is 2. The van der Waals surface area contributed by atoms with E-state index in [1.165, 1.54) is 0 Å². The lowest BCUT2D eigenvalue weighted by Crippen LogP contribution is -2.37. The molecule has 1 aromatic carbocycles. The van der Waals surface area contributed by atoms with E-state index in [1.54, 1.807) is 18.2 Å². The molecule has 0 unspecified atom stereocenters. The largest absolute Gasteiger partial charge is 0.454 e. The number of rotatable bonds is 6. The standard InChI is InChI=1S/C19H18N4O4/c24-18(20-7-6-14-11-23-8-2-1-3-17(23)22-14)10-21-19(25)13-4-5-15-16(9-13)27-12-26-15/h1-5,8-9,11H,6-7,10,12H2,(H,20,24)(H,21,25). The number of nitrogens with zero attached hydrogens (tertiary/aromatic N) is 2. The van der Waals surface area contributed by atoms with Crippen molar-refractivity contribution in [3.63, 3.8) is 0 Å². The van der Waals surface area contributed by atoms with Gasteiger partial charge in [-0.3, -0.25) is 9.59 Å². The summed E-state index contributed by atoms with van der Waals surface area (Å²) in [6.45, 7) is 0.496. The van der Waals surface area contributed by atoms with Crippen LogP contribution in [0.5, 0.6) is 11.5 Å². The van der Waals surface area contributed by atoms with E-state index in [1.807, 2.05) is 35.0 Å². The molecule has 4 rings (SSSR count). The number of carbonyl (C=O) groups excluding carboxylic acids is 2. The zero-order valence-corrected chi connectivity index (χ0v) is 14.5. The molecule has 0 saturated carbocycles. The molecule has 2 N–H and O–H groups in total. The van der Waals surface area contributed by atoms with Gasteiger partial charge in [-0.15, -0.1) is 0 Å². The van der Waals surface area contributed by atoms with E-state index in [9.17, 15) is 9.59 Å². The van der Waals surface area contributed by atoms with Crippen LogP contribution in [0.15, 0.2) is 48.8 Å². The Balaban J connectivity index is 1.23. The number of carbonyl (C=O) groups is 2. The lowest BCUT2D eigenvalue weighted by molar-refractivity contribution is -0.120. The lowest BCUT2D eigenvalue weighted by Gasteiger charge is -2.07. The summed E-state index contributed by atoms with van der Waals surface area (Å²) in [4.78, 5) is 28.5. The van der Waals surface area contributed by atoms with Gasteiger partial charge in [-0.25, -0.2) is 4.98 Å². The third kappa shape index (κ3) is 3.84. The highest BCUT2D eigenvalue weighted by Gasteiger charge is 2.16. The molecule has 0 bridgehead atoms. The maximum Gasteiger partial charge on any atom is 0.251 e. The van der Waals surface area contributed by atoms with Crippen molar-refractivity contribution in [3.05, 3.63) is 60.0 Å². The highest BCUT2D eigenvalue weighted by Crippen LogP contribution is 2.32. The highest BCUT2D eigenvalue weighted by atomic mass is 16.7. The Kier molecular flexibility index (Phi) is 4.61. The molecule has 2 aromatic heterocycles. The van der Waals surface area contributed by atoms with Crippen molar-refractivity contribution in [1.82, 2.24) is 20.0 Å². The summed E-state index contributed by atoms with van der Waals surface area (Å²) in [5.41, 5.74) is 2.18. The van der Waals surface area contributed by atoms with Gasteiger partial charge in [-0.2, -0.15) is 0 Å². The number of hydrogen-bond acceptors (Lipinski definition) is 5. The maximum atomic E-state index is 12.1. The quantitative estimate of drug-likeness (QED) is 0.683. The Morgan fingerprint density at radius 2 is 2.00 bits per heavy atom. The minimum absolute atomic E-state index is 0.0988. The van der Waals surface area contributed by atoms with E-state index in [0.29, 0.717) is 30.0 Å². The fourth-order valence-corrected chi connectivity index (χ4v) is 2.80. The van der Waals surface area contributed by atoms with Gasteiger partial charge in [0.15, 0.2) is 11.5 Å². The number of pyridine rings is 1. The minimum atomic E-state index is -0.344. The Labute approximate surface area is 155 Å². The summed E-state index contributed by atoms with van der Waals surface area (Å²) in [6.07, 6.45) is 4.47. The number of imidazole rings is 1. The fourth-order valence-electron chi connectivity index (χ4n) is 2.80. The number of benzene rings is 1. The predicted octanol–water partition coefficient (Wildman–Crippen LogP) is 1.15. The molecule has 8 nitrogen and oxygen atoms in total. The maximum absolute atomic E-state index is 12.1. The summed E-state index contributed by atoms with van der Waals surface area (Å²) in [6, 6.07) is 10.7. The second-order valence-electron chi connectivity index (χ2n) is 6.05. The van der Waals surface area contributed by atoms with Crippen molar-refractivity contribution in [2.24, 2.45) is 0 Å². The molecule has 1 aliphatic rings. The number of nitrogens with one attached hydrogen (secondary N) is 2. The first-order chi connectivity index (χ1) is 13.2. The van der Waals surface area contributed by atoms with Crippen LogP contribution >= 0.6 is 0 Å². The summed E-state index contributed by atoms with van der Waals surface area (Å²) >= 11 is 0. The molecule has 0 atom stereocenters. The van der Waals surface area contributed by atoms with Crippen LogP contribution in [0.25, 0.3) is 5.65 Å². The number of aromatic nitrogens is 2. The molecular weight excluding hydrogens is 348 g/mol. The molecule has 1 aliphatic heterocycles. The van der Waals surface area contributed by atoms with Crippen LogP contribution in [0.3, 0.4) is 0 Å². The molecule has 138 valence electrons. The molecule has 0 spiro atoms. The summed E-state index contributed by atoms with van der Waals surface area (Å²) < 4.78 is 12.4. The summed E-state index contributed by atoms with van der Waals surface area (Å²) in [5, 5.41) is 5.37. The highest BCUT2D eigenvalue weighted by molar-refractivity contribution is 5.97. The van der Waals surface area contributed by atoms with E-state index >= 15 is 0 Å². The lowest BCUT2D eigenvalue weighted by atomic mass is 10.2. The molecule has 8 heteroatoms. The van der Waals surface area contributed by atoms with Gasteiger partial charge in [0.1, 0.15) is 5.65 Å². The average molecular weight is 366 g/mol. The van der Waals surface area contributed by atoms with E-state index in [0.717, 1.165) is 11.3 Å². The fraction of sp³-hybridized carbons (Fsp3) is 0.211. The molecular formula is C19H18N4O4. The molecule has 0 saturated heterocycles. The average Bonchev–Trinajstić information content (AvgIpc) is 3.31. The Morgan fingerprint density at radius 1 is 1.11 bits per heavy atom. The number of ether oxygens (including phenoxy) is 2. The molecule has 27 heavy (non-hydrogen) atoms. The van der Waals surface area contributed by atoms with Crippen molar-refractivity contribution in [2.75, 3.05) is 19.9 Å². The van der Waals surface area contributed by atoms with Crippen molar-refractivity contribution in [2.45, 2.75) is 6.42 Å². The molecule has 3 heterocycles. The van der Waals surface area contributed by atoms with Crippen LogP contribution in [-0.2, 0) is 11.2 Å². The van der Waals surface area contributed by atoms with Crippen molar-refractivity contribution < 1.29 is 19.1 Å². The van der Waals surface area contributed by atoms with Gasteiger partial charge < -0.3 is 24.5 Å². The van der Waals surface area contributed by atoms with Gasteiger partial charge in [-0.1, -0.05) is 6.07 Å². The van der Waals surface area contributed by atoms with Crippen molar-refractivity contribution >= 4 is 17.5 Å². The first kappa shape index (κ1) is 16.9. The molecule has 2 amide bonds. The van der Waals surface area contributed by atoms with Gasteiger partial charge in [-0.05, 0) is 30.3 Å². The topological polar surface area (TPSA) is 94.0 Å². The monoisotopic (exact) mass is 366 g/mol. The first-order valence-corrected chi connectivity index (χ1v) is 8.56. The van der Waals surface area contributed by atoms with Gasteiger partial charge in [0.2, 0.25) is 12.7 Å². The van der Waals surface area contributed by atoms with E-state index in [-0.39, 0.29) is 25.2 Å². The van der Waals surface area contributed by atoms with Crippen LogP contribution in [0.2, 0.25) is 0 Å². The normalized spacial score (nSPS) is 12.1. The van der Waals surface area contributed by atoms with Crippen LogP contribution in [-0.4, -0.2) is 41.1 Å². The zero-order valence-electron chi connectivity index (χ0n) is 14.5. The van der Waals surface area contributed by atoms with Crippen LogP contribution in [0.1, 0.15) is 16.1 Å². The SMILES string of the molecule is O=C(CNC(=O)c1ccc2c(c1)OCO2)NCCc1cn2ccccc2n1. The van der Waals surface area contributed by atoms with Crippen molar-refractivity contribution in [1.29, 1.82) is 0 Å². The molecule has 0 fully saturated rings. The predicted molar refractivity (Wildman–Crippen MR) is 96.8 cm³/mol. The number of hydrogen-bond donors (Lipinski definition) is 2. The van der Waals surface area contributed by atoms with Crippen LogP contribution in [0.4, 0.5) is 0 Å². The second-order valence-corrected chi connectivity index (χ2v) is 6.05. The minimum Gasteiger partial charge on any atom is -0.454 e. The van der Waals surface area contributed by atoms with Gasteiger partial charge in [0.25, 0.3) is 5.91 Å². The van der Waals surface area contributed by atoms with Gasteiger partial charge in [0.05, 0.1) is 12.2 Å². The second kappa shape index (κ2) is 7.36. The molecule has 0 aliphatic carbocycles. The first-order valence-electron chi connectivity index (χ1n) is 8.56. The van der Waals surface area contributed by atoms with Crippen LogP contribution < -0.4 is 20.1 Å². The third-order valence-corrected chi connectivity index (χ3v) is 4.16. The zero-order chi connectivity index (χ0) is 18.6. The van der Waals surface area contributed by atoms with Gasteiger partial charge in [0, 0.05) is 30.9 Å².